The van der Waals surface area contributed by atoms with Crippen molar-refractivity contribution in [3.05, 3.63) is 35.6 Å². The largest absolute Gasteiger partial charge is 0.492 e. The number of hydrogen-bond acceptors (Lipinski definition) is 4. The van der Waals surface area contributed by atoms with Crippen LogP contribution in [0.25, 0.3) is 0 Å². The molecule has 4 unspecified atom stereocenters. The van der Waals surface area contributed by atoms with Gasteiger partial charge in [-0.3, -0.25) is 9.59 Å². The lowest BCUT2D eigenvalue weighted by molar-refractivity contribution is -0.152. The summed E-state index contributed by atoms with van der Waals surface area (Å²) in [7, 11) is 0. The standard InChI is InChI=1S/C29H42O4/c1-19(2)18-32-25-17-15-23-27(31)20(3)28(22-12-8-5-9-13-22)33-29(23)26(25)24(30)16-14-21-10-6-4-7-11-21/h14,16,21-23,25-26,29H,1,4-13,15,17-18H2,2-3H3. The van der Waals surface area contributed by atoms with Gasteiger partial charge in [0.1, 0.15) is 11.9 Å². The molecule has 182 valence electrons. The van der Waals surface area contributed by atoms with Crippen molar-refractivity contribution in [2.24, 2.45) is 23.7 Å². The Kier molecular flexibility index (Phi) is 8.27. The van der Waals surface area contributed by atoms with Gasteiger partial charge in [0.15, 0.2) is 11.6 Å². The highest BCUT2D eigenvalue weighted by Gasteiger charge is 2.51. The molecule has 0 N–H and O–H groups in total. The molecule has 0 aromatic rings. The highest BCUT2D eigenvalue weighted by molar-refractivity contribution is 6.00. The average Bonchev–Trinajstić information content (AvgIpc) is 2.84. The second-order valence-corrected chi connectivity index (χ2v) is 10.9. The maximum atomic E-state index is 13.6. The SMILES string of the molecule is C=C(C)COC1CCC2C(=O)C(C)=C(C3CCCCC3)OC2C1C(=O)C=CC1CCCCC1. The van der Waals surface area contributed by atoms with Crippen LogP contribution < -0.4 is 0 Å². The topological polar surface area (TPSA) is 52.6 Å². The smallest absolute Gasteiger partial charge is 0.168 e. The van der Waals surface area contributed by atoms with Gasteiger partial charge in [0.05, 0.1) is 24.5 Å². The number of carbonyl (C=O) groups is 2. The molecule has 3 fully saturated rings. The third kappa shape index (κ3) is 5.70. The quantitative estimate of drug-likeness (QED) is 0.325. The van der Waals surface area contributed by atoms with Gasteiger partial charge in [-0.1, -0.05) is 56.8 Å². The molecule has 33 heavy (non-hydrogen) atoms. The summed E-state index contributed by atoms with van der Waals surface area (Å²) in [6, 6.07) is 0. The third-order valence-corrected chi connectivity index (χ3v) is 8.28. The van der Waals surface area contributed by atoms with Crippen LogP contribution in [0, 0.1) is 23.7 Å². The summed E-state index contributed by atoms with van der Waals surface area (Å²) >= 11 is 0. The van der Waals surface area contributed by atoms with Crippen LogP contribution in [0.15, 0.2) is 35.6 Å². The van der Waals surface area contributed by atoms with E-state index in [0.29, 0.717) is 24.9 Å². The van der Waals surface area contributed by atoms with Crippen LogP contribution in [-0.4, -0.2) is 30.4 Å². The van der Waals surface area contributed by atoms with Crippen LogP contribution in [0.5, 0.6) is 0 Å². The van der Waals surface area contributed by atoms with E-state index in [1.54, 1.807) is 6.08 Å². The Morgan fingerprint density at radius 2 is 1.70 bits per heavy atom. The van der Waals surface area contributed by atoms with E-state index >= 15 is 0 Å². The predicted molar refractivity (Wildman–Crippen MR) is 131 cm³/mol. The number of ether oxygens (including phenoxy) is 2. The van der Waals surface area contributed by atoms with Crippen molar-refractivity contribution in [2.45, 2.75) is 103 Å². The third-order valence-electron chi connectivity index (χ3n) is 8.28. The Morgan fingerprint density at radius 3 is 2.36 bits per heavy atom. The number of rotatable bonds is 7. The predicted octanol–water partition coefficient (Wildman–Crippen LogP) is 6.50. The van der Waals surface area contributed by atoms with Gasteiger partial charge in [0, 0.05) is 11.5 Å². The first kappa shape index (κ1) is 24.4. The molecular formula is C29H42O4. The molecule has 4 aliphatic rings. The Morgan fingerprint density at radius 1 is 1.03 bits per heavy atom. The van der Waals surface area contributed by atoms with E-state index in [1.165, 1.54) is 51.4 Å². The van der Waals surface area contributed by atoms with Crippen molar-refractivity contribution >= 4 is 11.6 Å². The Balaban J connectivity index is 1.58. The maximum absolute atomic E-state index is 13.6. The zero-order valence-corrected chi connectivity index (χ0v) is 20.7. The highest BCUT2D eigenvalue weighted by Crippen LogP contribution is 2.44. The molecule has 0 aromatic carbocycles. The molecule has 1 heterocycles. The van der Waals surface area contributed by atoms with Gasteiger partial charge < -0.3 is 9.47 Å². The average molecular weight is 455 g/mol. The van der Waals surface area contributed by atoms with Gasteiger partial charge in [0.2, 0.25) is 0 Å². The van der Waals surface area contributed by atoms with E-state index in [0.717, 1.165) is 36.2 Å². The molecule has 0 saturated heterocycles. The van der Waals surface area contributed by atoms with Crippen LogP contribution >= 0.6 is 0 Å². The Labute approximate surface area is 199 Å². The fourth-order valence-corrected chi connectivity index (χ4v) is 6.44. The van der Waals surface area contributed by atoms with Crippen molar-refractivity contribution in [1.29, 1.82) is 0 Å². The first-order valence-electron chi connectivity index (χ1n) is 13.4. The molecule has 4 atom stereocenters. The lowest BCUT2D eigenvalue weighted by Gasteiger charge is -2.45. The minimum absolute atomic E-state index is 0.0670. The normalized spacial score (nSPS) is 32.0. The van der Waals surface area contributed by atoms with Crippen molar-refractivity contribution < 1.29 is 19.1 Å². The van der Waals surface area contributed by atoms with E-state index in [4.69, 9.17) is 9.47 Å². The second kappa shape index (κ2) is 11.2. The number of fused-ring (bicyclic) bond motifs is 1. The van der Waals surface area contributed by atoms with Crippen molar-refractivity contribution in [2.75, 3.05) is 6.61 Å². The van der Waals surface area contributed by atoms with Gasteiger partial charge in [-0.25, -0.2) is 0 Å². The summed E-state index contributed by atoms with van der Waals surface area (Å²) in [5.41, 5.74) is 1.74. The van der Waals surface area contributed by atoms with Crippen LogP contribution in [0.1, 0.15) is 90.9 Å². The van der Waals surface area contributed by atoms with Crippen molar-refractivity contribution in [1.82, 2.24) is 0 Å². The molecule has 4 rings (SSSR count). The van der Waals surface area contributed by atoms with Crippen LogP contribution in [0.4, 0.5) is 0 Å². The molecule has 0 spiro atoms. The van der Waals surface area contributed by atoms with Crippen molar-refractivity contribution in [3.8, 4) is 0 Å². The molecule has 3 aliphatic carbocycles. The van der Waals surface area contributed by atoms with Crippen LogP contribution in [0.2, 0.25) is 0 Å². The molecule has 4 nitrogen and oxygen atoms in total. The summed E-state index contributed by atoms with van der Waals surface area (Å²) < 4.78 is 12.9. The number of Topliss-reactive ketones (excluding diaryl/α,β-unsaturated/α-hetero) is 1. The van der Waals surface area contributed by atoms with Gasteiger partial charge in [0.25, 0.3) is 0 Å². The minimum atomic E-state index is -0.432. The fourth-order valence-electron chi connectivity index (χ4n) is 6.44. The molecule has 1 aliphatic heterocycles. The zero-order valence-electron chi connectivity index (χ0n) is 20.7. The van der Waals surface area contributed by atoms with Gasteiger partial charge in [-0.2, -0.15) is 0 Å². The first-order valence-corrected chi connectivity index (χ1v) is 13.4. The number of allylic oxidation sites excluding steroid dienone is 4. The van der Waals surface area contributed by atoms with E-state index in [1.807, 2.05) is 13.8 Å². The van der Waals surface area contributed by atoms with Gasteiger partial charge in [-0.15, -0.1) is 0 Å². The lowest BCUT2D eigenvalue weighted by atomic mass is 9.69. The van der Waals surface area contributed by atoms with E-state index < -0.39 is 12.0 Å². The summed E-state index contributed by atoms with van der Waals surface area (Å²) in [5.74, 6) is 1.27. The maximum Gasteiger partial charge on any atom is 0.168 e. The molecular weight excluding hydrogens is 412 g/mol. The summed E-state index contributed by atoms with van der Waals surface area (Å²) in [4.78, 5) is 27.1. The number of ketones is 2. The Bertz CT molecular complexity index is 794. The molecule has 0 amide bonds. The summed E-state index contributed by atoms with van der Waals surface area (Å²) in [5, 5.41) is 0. The number of carbonyl (C=O) groups excluding carboxylic acids is 2. The lowest BCUT2D eigenvalue weighted by Crippen LogP contribution is -2.53. The monoisotopic (exact) mass is 454 g/mol. The molecule has 4 heteroatoms. The Hall–Kier alpha value is -1.68. The van der Waals surface area contributed by atoms with Gasteiger partial charge in [-0.05, 0) is 64.4 Å². The summed E-state index contributed by atoms with van der Waals surface area (Å²) in [6.45, 7) is 8.29. The minimum Gasteiger partial charge on any atom is -0.492 e. The zero-order chi connectivity index (χ0) is 23.4. The number of hydrogen-bond donors (Lipinski definition) is 0. The summed E-state index contributed by atoms with van der Waals surface area (Å²) in [6.07, 6.45) is 16.6. The van der Waals surface area contributed by atoms with Crippen LogP contribution in [0.3, 0.4) is 0 Å². The molecule has 3 saturated carbocycles. The fraction of sp³-hybridized carbons (Fsp3) is 0.724. The highest BCUT2D eigenvalue weighted by atomic mass is 16.5. The van der Waals surface area contributed by atoms with Crippen LogP contribution in [-0.2, 0) is 19.1 Å². The van der Waals surface area contributed by atoms with E-state index in [9.17, 15) is 9.59 Å². The van der Waals surface area contributed by atoms with E-state index in [-0.39, 0.29) is 23.6 Å². The molecule has 0 radical (unpaired) electrons. The van der Waals surface area contributed by atoms with Crippen molar-refractivity contribution in [3.63, 3.8) is 0 Å². The second-order valence-electron chi connectivity index (χ2n) is 10.9. The van der Waals surface area contributed by atoms with E-state index in [2.05, 4.69) is 12.7 Å². The molecule has 0 aromatic heterocycles. The molecule has 0 bridgehead atoms. The van der Waals surface area contributed by atoms with Gasteiger partial charge >= 0.3 is 0 Å². The first-order chi connectivity index (χ1) is 16.0.